The molecule has 15 heavy (non-hydrogen) atoms. The van der Waals surface area contributed by atoms with Crippen molar-refractivity contribution >= 4 is 15.9 Å². The normalized spacial score (nSPS) is 13.7. The van der Waals surface area contributed by atoms with Gasteiger partial charge in [-0.3, -0.25) is 0 Å². The van der Waals surface area contributed by atoms with Gasteiger partial charge in [0, 0.05) is 0 Å². The summed E-state index contributed by atoms with van der Waals surface area (Å²) in [5, 5.41) is 0. The smallest absolute Gasteiger partial charge is 0.404 e. The van der Waals surface area contributed by atoms with Gasteiger partial charge in [0.15, 0.2) is 0 Å². The van der Waals surface area contributed by atoms with Crippen LogP contribution in [0.3, 0.4) is 0 Å². The summed E-state index contributed by atoms with van der Waals surface area (Å²) in [5.74, 6) is -0.265. The van der Waals surface area contributed by atoms with E-state index in [-0.39, 0.29) is 5.75 Å². The third kappa shape index (κ3) is 4.07. The summed E-state index contributed by atoms with van der Waals surface area (Å²) in [6.07, 6.45) is -4.35. The molecule has 0 heterocycles. The molecule has 1 nitrogen and oxygen atoms in total. The second-order valence-electron chi connectivity index (χ2n) is 2.77. The molecular formula is C9H7BrF4O. The minimum atomic E-state index is -4.35. The first-order valence-electron chi connectivity index (χ1n) is 3.99. The second-order valence-corrected chi connectivity index (χ2v) is 3.88. The molecule has 6 heteroatoms. The minimum Gasteiger partial charge on any atom is -0.492 e. The lowest BCUT2D eigenvalue weighted by molar-refractivity contribution is -0.132. The van der Waals surface area contributed by atoms with Crippen molar-refractivity contribution in [3.05, 3.63) is 30.1 Å². The molecule has 0 aromatic heterocycles. The summed E-state index contributed by atoms with van der Waals surface area (Å²) in [6.45, 7) is -0.546. The summed E-state index contributed by atoms with van der Waals surface area (Å²) < 4.78 is 53.3. The largest absolute Gasteiger partial charge is 0.492 e. The molecule has 1 rings (SSSR count). The van der Waals surface area contributed by atoms with Crippen LogP contribution in [0.1, 0.15) is 0 Å². The molecule has 0 aliphatic heterocycles. The molecule has 1 aromatic rings. The van der Waals surface area contributed by atoms with Gasteiger partial charge in [0.1, 0.15) is 23.0 Å². The zero-order valence-corrected chi connectivity index (χ0v) is 8.98. The molecule has 0 aliphatic carbocycles. The van der Waals surface area contributed by atoms with Gasteiger partial charge in [-0.25, -0.2) is 4.39 Å². The van der Waals surface area contributed by atoms with E-state index in [9.17, 15) is 17.6 Å². The molecule has 0 bridgehead atoms. The molecule has 0 spiro atoms. The Hall–Kier alpha value is -0.780. The summed E-state index contributed by atoms with van der Waals surface area (Å²) in [4.78, 5) is -1.73. The fourth-order valence-corrected chi connectivity index (χ4v) is 0.927. The summed E-state index contributed by atoms with van der Waals surface area (Å²) >= 11 is 2.45. The zero-order valence-electron chi connectivity index (χ0n) is 7.39. The molecule has 0 saturated carbocycles. The Morgan fingerprint density at radius 3 is 2.20 bits per heavy atom. The van der Waals surface area contributed by atoms with Crippen molar-refractivity contribution in [2.75, 3.05) is 6.61 Å². The van der Waals surface area contributed by atoms with Gasteiger partial charge in [-0.2, -0.15) is 13.2 Å². The SMILES string of the molecule is Fc1ccc(OCC(Br)C(F)(F)F)cc1. The average molecular weight is 287 g/mol. The highest BCUT2D eigenvalue weighted by atomic mass is 79.9. The van der Waals surface area contributed by atoms with Crippen molar-refractivity contribution in [1.82, 2.24) is 0 Å². The predicted octanol–water partition coefficient (Wildman–Crippen LogP) is 3.53. The fourth-order valence-electron chi connectivity index (χ4n) is 0.795. The van der Waals surface area contributed by atoms with Gasteiger partial charge in [0.2, 0.25) is 0 Å². The highest BCUT2D eigenvalue weighted by molar-refractivity contribution is 9.09. The number of hydrogen-bond acceptors (Lipinski definition) is 1. The van der Waals surface area contributed by atoms with Crippen LogP contribution in [0.5, 0.6) is 5.75 Å². The van der Waals surface area contributed by atoms with Crippen LogP contribution < -0.4 is 4.74 Å². The van der Waals surface area contributed by atoms with E-state index in [2.05, 4.69) is 15.9 Å². The molecule has 1 atom stereocenters. The number of ether oxygens (including phenoxy) is 1. The van der Waals surface area contributed by atoms with Crippen LogP contribution in [0, 0.1) is 5.82 Å². The van der Waals surface area contributed by atoms with Crippen molar-refractivity contribution in [2.45, 2.75) is 11.0 Å². The predicted molar refractivity (Wildman–Crippen MR) is 50.7 cm³/mol. The maximum absolute atomic E-state index is 12.4. The minimum absolute atomic E-state index is 0.199. The summed E-state index contributed by atoms with van der Waals surface area (Å²) in [5.41, 5.74) is 0. The highest BCUT2D eigenvalue weighted by Crippen LogP contribution is 2.27. The number of halogens is 5. The Balaban J connectivity index is 2.47. The van der Waals surface area contributed by atoms with Crippen LogP contribution in [-0.2, 0) is 0 Å². The molecule has 0 saturated heterocycles. The van der Waals surface area contributed by atoms with E-state index in [1.54, 1.807) is 0 Å². The van der Waals surface area contributed by atoms with Crippen molar-refractivity contribution in [3.8, 4) is 5.75 Å². The number of hydrogen-bond donors (Lipinski definition) is 0. The molecule has 0 amide bonds. The number of alkyl halides is 4. The monoisotopic (exact) mass is 286 g/mol. The lowest BCUT2D eigenvalue weighted by Gasteiger charge is -2.14. The third-order valence-electron chi connectivity index (χ3n) is 1.57. The van der Waals surface area contributed by atoms with Gasteiger partial charge in [-0.15, -0.1) is 0 Å². The van der Waals surface area contributed by atoms with E-state index in [0.29, 0.717) is 0 Å². The lowest BCUT2D eigenvalue weighted by atomic mass is 10.3. The van der Waals surface area contributed by atoms with E-state index in [4.69, 9.17) is 4.74 Å². The van der Waals surface area contributed by atoms with Crippen LogP contribution in [0.25, 0.3) is 0 Å². The van der Waals surface area contributed by atoms with Crippen LogP contribution in [-0.4, -0.2) is 17.6 Å². The van der Waals surface area contributed by atoms with Crippen molar-refractivity contribution in [1.29, 1.82) is 0 Å². The van der Waals surface area contributed by atoms with Gasteiger partial charge >= 0.3 is 6.18 Å². The Morgan fingerprint density at radius 1 is 1.20 bits per heavy atom. The van der Waals surface area contributed by atoms with E-state index in [0.717, 1.165) is 12.1 Å². The molecule has 84 valence electrons. The number of benzene rings is 1. The van der Waals surface area contributed by atoms with Gasteiger partial charge in [-0.05, 0) is 24.3 Å². The van der Waals surface area contributed by atoms with Gasteiger partial charge in [0.25, 0.3) is 0 Å². The Morgan fingerprint density at radius 2 is 1.73 bits per heavy atom. The summed E-state index contributed by atoms with van der Waals surface area (Å²) in [7, 11) is 0. The van der Waals surface area contributed by atoms with Crippen LogP contribution >= 0.6 is 15.9 Å². The van der Waals surface area contributed by atoms with Crippen LogP contribution in [0.2, 0.25) is 0 Å². The number of rotatable bonds is 3. The highest BCUT2D eigenvalue weighted by Gasteiger charge is 2.38. The standard InChI is InChI=1S/C9H7BrF4O/c10-8(9(12,13)14)5-15-7-3-1-6(11)2-4-7/h1-4,8H,5H2. The van der Waals surface area contributed by atoms with Crippen molar-refractivity contribution in [3.63, 3.8) is 0 Å². The van der Waals surface area contributed by atoms with Crippen LogP contribution in [0.4, 0.5) is 17.6 Å². The first kappa shape index (κ1) is 12.3. The molecule has 1 unspecified atom stereocenters. The first-order valence-corrected chi connectivity index (χ1v) is 4.90. The van der Waals surface area contributed by atoms with Crippen molar-refractivity contribution < 1.29 is 22.3 Å². The third-order valence-corrected chi connectivity index (χ3v) is 2.35. The molecule has 0 N–H and O–H groups in total. The van der Waals surface area contributed by atoms with E-state index in [1.807, 2.05) is 0 Å². The van der Waals surface area contributed by atoms with Gasteiger partial charge < -0.3 is 4.74 Å². The maximum Gasteiger partial charge on any atom is 0.404 e. The lowest BCUT2D eigenvalue weighted by Crippen LogP contribution is -2.28. The van der Waals surface area contributed by atoms with Crippen molar-refractivity contribution in [2.24, 2.45) is 0 Å². The molecule has 0 fully saturated rings. The average Bonchev–Trinajstić information content (AvgIpc) is 2.15. The fraction of sp³-hybridized carbons (Fsp3) is 0.333. The summed E-state index contributed by atoms with van der Waals surface area (Å²) in [6, 6.07) is 4.77. The van der Waals surface area contributed by atoms with E-state index < -0.39 is 23.4 Å². The van der Waals surface area contributed by atoms with Gasteiger partial charge in [0.05, 0.1) is 0 Å². The Labute approximate surface area is 92.2 Å². The topological polar surface area (TPSA) is 9.23 Å². The molecule has 1 aromatic carbocycles. The van der Waals surface area contributed by atoms with Gasteiger partial charge in [-0.1, -0.05) is 15.9 Å². The molecule has 0 radical (unpaired) electrons. The Bertz CT molecular complexity index is 309. The first-order chi connectivity index (χ1) is 6.89. The quantitative estimate of drug-likeness (QED) is 0.610. The maximum atomic E-state index is 12.4. The molecular weight excluding hydrogens is 280 g/mol. The van der Waals surface area contributed by atoms with E-state index >= 15 is 0 Å². The second kappa shape index (κ2) is 4.83. The van der Waals surface area contributed by atoms with Crippen LogP contribution in [0.15, 0.2) is 24.3 Å². The zero-order chi connectivity index (χ0) is 11.5. The molecule has 0 aliphatic rings. The van der Waals surface area contributed by atoms with E-state index in [1.165, 1.54) is 12.1 Å². The Kier molecular flexibility index (Phi) is 3.96.